The summed E-state index contributed by atoms with van der Waals surface area (Å²) in [5.74, 6) is -2.10. The van der Waals surface area contributed by atoms with Gasteiger partial charge in [0.05, 0.1) is 0 Å². The molecule has 16 heteroatoms. The number of amides is 3. The van der Waals surface area contributed by atoms with Crippen LogP contribution in [0, 0.1) is 0 Å². The van der Waals surface area contributed by atoms with Gasteiger partial charge in [-0.3, -0.25) is 14.1 Å². The van der Waals surface area contributed by atoms with Gasteiger partial charge in [0.2, 0.25) is 0 Å². The molecule has 2 heterocycles. The number of nitrogens with zero attached hydrogens (tertiary/aromatic N) is 3. The first-order valence-electron chi connectivity index (χ1n) is 6.92. The molecule has 3 amide bonds. The number of thiazole rings is 1. The summed E-state index contributed by atoms with van der Waals surface area (Å²) in [4.78, 5) is 43.6. The molecule has 148 valence electrons. The number of primary amides is 1. The van der Waals surface area contributed by atoms with Crippen molar-refractivity contribution >= 4 is 50.4 Å². The number of carbonyl (C=O) groups is 3. The molecule has 1 aliphatic heterocycles. The summed E-state index contributed by atoms with van der Waals surface area (Å²) in [5.41, 5.74) is 10.0. The van der Waals surface area contributed by atoms with E-state index in [0.29, 0.717) is 0 Å². The highest BCUT2D eigenvalue weighted by Crippen LogP contribution is 2.24. The Morgan fingerprint density at radius 3 is 2.67 bits per heavy atom. The Balaban J connectivity index is 2.22. The van der Waals surface area contributed by atoms with Crippen LogP contribution in [0.25, 0.3) is 0 Å². The number of β-lactam (4-membered cyclic amide) rings is 1. The van der Waals surface area contributed by atoms with E-state index < -0.39 is 46.9 Å². The molecule has 1 saturated heterocycles. The molecule has 0 aliphatic carbocycles. The lowest BCUT2D eigenvalue weighted by atomic mass is 9.99. The monoisotopic (exact) mass is 422 g/mol. The molecule has 2 atom stereocenters. The number of carbonyl (C=O) groups excluding carboxylic acids is 3. The lowest BCUT2D eigenvalue weighted by Crippen LogP contribution is -2.73. The number of nitrogen functional groups attached to an aromatic ring is 1. The van der Waals surface area contributed by atoms with Crippen molar-refractivity contribution in [2.45, 2.75) is 12.1 Å². The Morgan fingerprint density at radius 1 is 1.52 bits per heavy atom. The minimum absolute atomic E-state index is 0.0504. The third kappa shape index (κ3) is 4.41. The van der Waals surface area contributed by atoms with Crippen LogP contribution in [0.2, 0.25) is 0 Å². The van der Waals surface area contributed by atoms with Crippen LogP contribution in [0.4, 0.5) is 9.93 Å². The van der Waals surface area contributed by atoms with Gasteiger partial charge in [-0.15, -0.1) is 11.3 Å². The maximum Gasteiger partial charge on any atom is 0.404 e. The van der Waals surface area contributed by atoms with E-state index in [4.69, 9.17) is 16.0 Å². The topological polar surface area (TPSA) is 217 Å². The number of nitrogens with two attached hydrogens (primary N) is 2. The van der Waals surface area contributed by atoms with Crippen LogP contribution in [-0.4, -0.2) is 71.7 Å². The van der Waals surface area contributed by atoms with Crippen molar-refractivity contribution < 1.29 is 36.9 Å². The molecule has 1 aliphatic rings. The second kappa shape index (κ2) is 7.72. The maximum absolute atomic E-state index is 12.4. The third-order valence-electron chi connectivity index (χ3n) is 3.26. The standard InChI is InChI=1S/C11H14N6O8S2/c1-24-16-6(4-3-26-10(12)14-4)8(18)15-7-5(2-25-11(13)20)17(9(7)19)27(21,22)23/h3,5,7H,2H2,1H3,(H2,12,14)(H2,13,20)(H,15,18)(H,21,22,23)/b16-6-/t5-,7+/m0/s1. The molecule has 2 rings (SSSR count). The second-order valence-electron chi connectivity index (χ2n) is 4.95. The maximum atomic E-state index is 12.4. The molecule has 1 fully saturated rings. The van der Waals surface area contributed by atoms with Crippen LogP contribution in [0.15, 0.2) is 10.5 Å². The molecule has 0 aromatic carbocycles. The van der Waals surface area contributed by atoms with Crippen LogP contribution >= 0.6 is 11.3 Å². The highest BCUT2D eigenvalue weighted by molar-refractivity contribution is 7.84. The average Bonchev–Trinajstić information content (AvgIpc) is 2.98. The molecule has 0 unspecified atom stereocenters. The van der Waals surface area contributed by atoms with Gasteiger partial charge >= 0.3 is 16.4 Å². The highest BCUT2D eigenvalue weighted by Gasteiger charge is 2.54. The summed E-state index contributed by atoms with van der Waals surface area (Å²) < 4.78 is 36.2. The fourth-order valence-corrected chi connectivity index (χ4v) is 3.61. The number of oxime groups is 1. The molecule has 0 saturated carbocycles. The normalized spacial score (nSPS) is 20.0. The zero-order valence-corrected chi connectivity index (χ0v) is 15.2. The molecule has 6 N–H and O–H groups in total. The number of hydrogen-bond donors (Lipinski definition) is 4. The number of nitrogens with one attached hydrogen (secondary N) is 1. The van der Waals surface area contributed by atoms with Gasteiger partial charge in [0.15, 0.2) is 10.8 Å². The Morgan fingerprint density at radius 2 is 2.19 bits per heavy atom. The summed E-state index contributed by atoms with van der Waals surface area (Å²) in [5, 5.41) is 7.27. The van der Waals surface area contributed by atoms with E-state index >= 15 is 0 Å². The predicted octanol–water partition coefficient (Wildman–Crippen LogP) is -2.33. The van der Waals surface area contributed by atoms with Gasteiger partial charge in [0.1, 0.15) is 31.5 Å². The Kier molecular flexibility index (Phi) is 5.82. The molecule has 1 aromatic heterocycles. The quantitative estimate of drug-likeness (QED) is 0.159. The summed E-state index contributed by atoms with van der Waals surface area (Å²) in [6.07, 6.45) is -1.24. The van der Waals surface area contributed by atoms with Crippen molar-refractivity contribution in [2.24, 2.45) is 10.9 Å². The van der Waals surface area contributed by atoms with Gasteiger partial charge in [-0.25, -0.2) is 14.1 Å². The summed E-state index contributed by atoms with van der Waals surface area (Å²) in [6, 6.07) is -2.86. The van der Waals surface area contributed by atoms with Gasteiger partial charge in [-0.1, -0.05) is 5.16 Å². The molecule has 0 spiro atoms. The SMILES string of the molecule is CO/N=C(\C(=O)N[C@H]1C(=O)N(S(=O)(=O)O)[C@H]1COC(N)=O)c1csc(N)n1. The number of anilines is 1. The van der Waals surface area contributed by atoms with Crippen LogP contribution < -0.4 is 16.8 Å². The summed E-state index contributed by atoms with van der Waals surface area (Å²) in [6.45, 7) is -0.688. The Bertz CT molecular complexity index is 896. The molecule has 0 bridgehead atoms. The van der Waals surface area contributed by atoms with Crippen molar-refractivity contribution in [3.05, 3.63) is 11.1 Å². The first kappa shape index (κ1) is 20.3. The van der Waals surface area contributed by atoms with Crippen molar-refractivity contribution in [2.75, 3.05) is 19.5 Å². The molecule has 0 radical (unpaired) electrons. The number of rotatable bonds is 7. The fraction of sp³-hybridized carbons (Fsp3) is 0.364. The molecule has 14 nitrogen and oxygen atoms in total. The lowest BCUT2D eigenvalue weighted by Gasteiger charge is -2.43. The van der Waals surface area contributed by atoms with E-state index in [2.05, 4.69) is 25.0 Å². The van der Waals surface area contributed by atoms with Gasteiger partial charge in [-0.2, -0.15) is 8.42 Å². The van der Waals surface area contributed by atoms with Crippen molar-refractivity contribution in [3.8, 4) is 0 Å². The Labute approximate surface area is 156 Å². The van der Waals surface area contributed by atoms with E-state index in [1.165, 1.54) is 12.5 Å². The predicted molar refractivity (Wildman–Crippen MR) is 89.7 cm³/mol. The third-order valence-corrected chi connectivity index (χ3v) is 4.88. The molecule has 27 heavy (non-hydrogen) atoms. The Hall–Kier alpha value is -2.98. The van der Waals surface area contributed by atoms with Crippen molar-refractivity contribution in [1.29, 1.82) is 0 Å². The zero-order valence-electron chi connectivity index (χ0n) is 13.6. The average molecular weight is 422 g/mol. The zero-order chi connectivity index (χ0) is 20.4. The molecule has 1 aromatic rings. The highest BCUT2D eigenvalue weighted by atomic mass is 32.2. The second-order valence-corrected chi connectivity index (χ2v) is 7.13. The van der Waals surface area contributed by atoms with E-state index in [0.717, 1.165) is 11.3 Å². The number of hydrogen-bond acceptors (Lipinski definition) is 11. The van der Waals surface area contributed by atoms with Gasteiger partial charge < -0.3 is 26.4 Å². The lowest BCUT2D eigenvalue weighted by molar-refractivity contribution is -0.146. The smallest absolute Gasteiger partial charge is 0.404 e. The van der Waals surface area contributed by atoms with Crippen molar-refractivity contribution in [1.82, 2.24) is 14.6 Å². The van der Waals surface area contributed by atoms with Crippen LogP contribution in [-0.2, 0) is 29.5 Å². The molecular weight excluding hydrogens is 408 g/mol. The van der Waals surface area contributed by atoms with Crippen molar-refractivity contribution in [3.63, 3.8) is 0 Å². The largest absolute Gasteiger partial charge is 0.447 e. The van der Waals surface area contributed by atoms with Gasteiger partial charge in [0, 0.05) is 5.38 Å². The minimum Gasteiger partial charge on any atom is -0.447 e. The van der Waals surface area contributed by atoms with Gasteiger partial charge in [-0.05, 0) is 0 Å². The van der Waals surface area contributed by atoms with E-state index in [1.54, 1.807) is 0 Å². The number of aromatic nitrogens is 1. The minimum atomic E-state index is -4.94. The van der Waals surface area contributed by atoms with Crippen LogP contribution in [0.5, 0.6) is 0 Å². The summed E-state index contributed by atoms with van der Waals surface area (Å²) in [7, 11) is -3.77. The van der Waals surface area contributed by atoms with E-state index in [-0.39, 0.29) is 20.8 Å². The number of ether oxygens (including phenoxy) is 1. The first-order valence-corrected chi connectivity index (χ1v) is 9.20. The van der Waals surface area contributed by atoms with Crippen LogP contribution in [0.3, 0.4) is 0 Å². The van der Waals surface area contributed by atoms with E-state index in [1.807, 2.05) is 0 Å². The van der Waals surface area contributed by atoms with E-state index in [9.17, 15) is 22.8 Å². The molecular formula is C11H14N6O8S2. The van der Waals surface area contributed by atoms with Crippen LogP contribution in [0.1, 0.15) is 5.69 Å². The van der Waals surface area contributed by atoms with Gasteiger partial charge in [0.25, 0.3) is 11.8 Å². The first-order chi connectivity index (χ1) is 12.6. The fourth-order valence-electron chi connectivity index (χ4n) is 2.19. The summed E-state index contributed by atoms with van der Waals surface area (Å²) >= 11 is 1.02.